The van der Waals surface area contributed by atoms with Gasteiger partial charge in [0.05, 0.1) is 12.7 Å². The first kappa shape index (κ1) is 17.2. The van der Waals surface area contributed by atoms with Crippen LogP contribution in [0.15, 0.2) is 24.3 Å². The summed E-state index contributed by atoms with van der Waals surface area (Å²) in [6, 6.07) is 8.43. The third-order valence-electron chi connectivity index (χ3n) is 3.28. The van der Waals surface area contributed by atoms with E-state index in [-0.39, 0.29) is 0 Å². The number of aliphatic hydroxyl groups excluding tert-OH is 1. The van der Waals surface area contributed by atoms with Crippen molar-refractivity contribution < 1.29 is 9.84 Å². The lowest BCUT2D eigenvalue weighted by Gasteiger charge is -2.12. The lowest BCUT2D eigenvalue weighted by Crippen LogP contribution is -2.30. The average molecular weight is 279 g/mol. The van der Waals surface area contributed by atoms with Crippen LogP contribution in [0.3, 0.4) is 0 Å². The molecule has 0 spiro atoms. The summed E-state index contributed by atoms with van der Waals surface area (Å²) in [5, 5.41) is 13.0. The van der Waals surface area contributed by atoms with E-state index in [0.717, 1.165) is 19.6 Å². The van der Waals surface area contributed by atoms with Crippen LogP contribution in [0.2, 0.25) is 0 Å². The zero-order chi connectivity index (χ0) is 14.6. The summed E-state index contributed by atoms with van der Waals surface area (Å²) in [4.78, 5) is 0. The van der Waals surface area contributed by atoms with Gasteiger partial charge in [-0.1, -0.05) is 56.0 Å². The number of aryl methyl sites for hydroxylation is 1. The number of aliphatic hydroxyl groups is 1. The molecule has 0 radical (unpaired) electrons. The summed E-state index contributed by atoms with van der Waals surface area (Å²) in [5.41, 5.74) is 2.51. The fraction of sp³-hybridized carbons (Fsp3) is 0.647. The Balaban J connectivity index is 1.99. The Kier molecular flexibility index (Phi) is 9.29. The zero-order valence-electron chi connectivity index (χ0n) is 12.9. The maximum atomic E-state index is 9.79. The van der Waals surface area contributed by atoms with Gasteiger partial charge in [0.15, 0.2) is 0 Å². The van der Waals surface area contributed by atoms with Crippen LogP contribution in [0.1, 0.15) is 43.7 Å². The average Bonchev–Trinajstić information content (AvgIpc) is 2.45. The molecule has 0 aliphatic rings. The first-order valence-electron chi connectivity index (χ1n) is 7.74. The second kappa shape index (κ2) is 10.8. The number of benzene rings is 1. The molecule has 1 atom stereocenters. The molecule has 1 unspecified atom stereocenters. The zero-order valence-corrected chi connectivity index (χ0v) is 12.9. The van der Waals surface area contributed by atoms with Crippen molar-refractivity contribution in [3.8, 4) is 0 Å². The molecule has 0 saturated heterocycles. The molecule has 2 N–H and O–H groups in total. The van der Waals surface area contributed by atoms with Crippen molar-refractivity contribution in [2.75, 3.05) is 19.8 Å². The van der Waals surface area contributed by atoms with Crippen molar-refractivity contribution in [3.05, 3.63) is 35.4 Å². The summed E-state index contributed by atoms with van der Waals surface area (Å²) in [6.45, 7) is 6.82. The summed E-state index contributed by atoms with van der Waals surface area (Å²) in [5.74, 6) is 0. The Morgan fingerprint density at radius 2 is 1.90 bits per heavy atom. The molecule has 3 heteroatoms. The molecule has 0 bridgehead atoms. The number of ether oxygens (including phenoxy) is 1. The van der Waals surface area contributed by atoms with E-state index in [4.69, 9.17) is 4.74 Å². The van der Waals surface area contributed by atoms with Crippen molar-refractivity contribution >= 4 is 0 Å². The van der Waals surface area contributed by atoms with Crippen molar-refractivity contribution in [2.45, 2.75) is 52.2 Å². The van der Waals surface area contributed by atoms with Gasteiger partial charge < -0.3 is 15.2 Å². The van der Waals surface area contributed by atoms with Gasteiger partial charge in [-0.05, 0) is 18.9 Å². The predicted octanol–water partition coefficient (Wildman–Crippen LogP) is 3.04. The third-order valence-corrected chi connectivity index (χ3v) is 3.28. The lowest BCUT2D eigenvalue weighted by atomic mass is 10.1. The molecule has 0 fully saturated rings. The van der Waals surface area contributed by atoms with E-state index < -0.39 is 6.10 Å². The molecule has 1 aromatic rings. The molecule has 0 saturated carbocycles. The van der Waals surface area contributed by atoms with Crippen LogP contribution in [-0.4, -0.2) is 31.0 Å². The van der Waals surface area contributed by atoms with Crippen LogP contribution in [0.25, 0.3) is 0 Å². The van der Waals surface area contributed by atoms with Crippen molar-refractivity contribution in [2.24, 2.45) is 0 Å². The van der Waals surface area contributed by atoms with E-state index in [1.807, 2.05) is 0 Å². The minimum atomic E-state index is -0.424. The van der Waals surface area contributed by atoms with Gasteiger partial charge in [0.25, 0.3) is 0 Å². The van der Waals surface area contributed by atoms with Crippen LogP contribution in [0, 0.1) is 6.92 Å². The van der Waals surface area contributed by atoms with Crippen molar-refractivity contribution in [1.82, 2.24) is 5.32 Å². The Labute approximate surface area is 123 Å². The first-order chi connectivity index (χ1) is 9.72. The second-order valence-electron chi connectivity index (χ2n) is 5.41. The minimum absolute atomic E-state index is 0.424. The summed E-state index contributed by atoms with van der Waals surface area (Å²) in [6.07, 6.45) is 4.40. The third kappa shape index (κ3) is 8.31. The van der Waals surface area contributed by atoms with Gasteiger partial charge in [-0.2, -0.15) is 0 Å². The molecule has 20 heavy (non-hydrogen) atoms. The Morgan fingerprint density at radius 1 is 1.15 bits per heavy atom. The highest BCUT2D eigenvalue weighted by molar-refractivity contribution is 5.21. The van der Waals surface area contributed by atoms with Gasteiger partial charge in [-0.15, -0.1) is 0 Å². The minimum Gasteiger partial charge on any atom is -0.389 e. The quantitative estimate of drug-likeness (QED) is 0.612. The predicted molar refractivity (Wildman–Crippen MR) is 83.9 cm³/mol. The Bertz CT molecular complexity index is 337. The topological polar surface area (TPSA) is 41.5 Å². The molecule has 0 aliphatic heterocycles. The van der Waals surface area contributed by atoms with E-state index >= 15 is 0 Å². The number of hydrogen-bond donors (Lipinski definition) is 2. The maximum Gasteiger partial charge on any atom is 0.0897 e. The molecule has 0 heterocycles. The molecule has 0 aliphatic carbocycles. The highest BCUT2D eigenvalue weighted by Gasteiger charge is 2.03. The van der Waals surface area contributed by atoms with E-state index in [0.29, 0.717) is 13.2 Å². The van der Waals surface area contributed by atoms with Crippen molar-refractivity contribution in [3.63, 3.8) is 0 Å². The van der Waals surface area contributed by atoms with Crippen molar-refractivity contribution in [1.29, 1.82) is 0 Å². The van der Waals surface area contributed by atoms with E-state index in [1.165, 1.54) is 30.4 Å². The van der Waals surface area contributed by atoms with E-state index in [9.17, 15) is 5.11 Å². The van der Waals surface area contributed by atoms with Crippen LogP contribution in [0.5, 0.6) is 0 Å². The highest BCUT2D eigenvalue weighted by Crippen LogP contribution is 2.02. The standard InChI is InChI=1S/C17H29NO2/c1-3-4-5-6-11-20-14-17(19)13-18-12-16-9-7-15(2)8-10-16/h7-10,17-19H,3-6,11-14H2,1-2H3. The van der Waals surface area contributed by atoms with Gasteiger partial charge in [-0.25, -0.2) is 0 Å². The van der Waals surface area contributed by atoms with Crippen LogP contribution < -0.4 is 5.32 Å². The molecule has 114 valence electrons. The number of nitrogens with one attached hydrogen (secondary N) is 1. The molecular formula is C17H29NO2. The second-order valence-corrected chi connectivity index (χ2v) is 5.41. The Morgan fingerprint density at radius 3 is 2.60 bits per heavy atom. The van der Waals surface area contributed by atoms with Gasteiger partial charge >= 0.3 is 0 Å². The lowest BCUT2D eigenvalue weighted by molar-refractivity contribution is 0.0353. The van der Waals surface area contributed by atoms with Crippen LogP contribution in [0.4, 0.5) is 0 Å². The van der Waals surface area contributed by atoms with Gasteiger partial charge in [0, 0.05) is 19.7 Å². The van der Waals surface area contributed by atoms with Gasteiger partial charge in [-0.3, -0.25) is 0 Å². The van der Waals surface area contributed by atoms with E-state index in [1.54, 1.807) is 0 Å². The number of hydrogen-bond acceptors (Lipinski definition) is 3. The molecular weight excluding hydrogens is 250 g/mol. The largest absolute Gasteiger partial charge is 0.389 e. The SMILES string of the molecule is CCCCCCOCC(O)CNCc1ccc(C)cc1. The number of unbranched alkanes of at least 4 members (excludes halogenated alkanes) is 3. The normalized spacial score (nSPS) is 12.6. The highest BCUT2D eigenvalue weighted by atomic mass is 16.5. The Hall–Kier alpha value is -0.900. The van der Waals surface area contributed by atoms with Crippen LogP contribution >= 0.6 is 0 Å². The smallest absolute Gasteiger partial charge is 0.0897 e. The maximum absolute atomic E-state index is 9.79. The van der Waals surface area contributed by atoms with E-state index in [2.05, 4.69) is 43.4 Å². The fourth-order valence-electron chi connectivity index (χ4n) is 2.00. The fourth-order valence-corrected chi connectivity index (χ4v) is 2.00. The molecule has 1 rings (SSSR count). The molecule has 3 nitrogen and oxygen atoms in total. The molecule has 0 aromatic heterocycles. The van der Waals surface area contributed by atoms with Crippen LogP contribution in [-0.2, 0) is 11.3 Å². The monoisotopic (exact) mass is 279 g/mol. The van der Waals surface area contributed by atoms with Gasteiger partial charge in [0.1, 0.15) is 0 Å². The van der Waals surface area contributed by atoms with Gasteiger partial charge in [0.2, 0.25) is 0 Å². The summed E-state index contributed by atoms with van der Waals surface area (Å²) in [7, 11) is 0. The first-order valence-corrected chi connectivity index (χ1v) is 7.74. The molecule has 0 amide bonds. The summed E-state index contributed by atoms with van der Waals surface area (Å²) < 4.78 is 5.47. The summed E-state index contributed by atoms with van der Waals surface area (Å²) >= 11 is 0. The number of rotatable bonds is 11. The molecule has 1 aromatic carbocycles.